The Bertz CT molecular complexity index is 394. The van der Waals surface area contributed by atoms with E-state index in [2.05, 4.69) is 20.8 Å². The zero-order valence-electron chi connectivity index (χ0n) is 20.4. The Hall–Kier alpha value is -1.06. The minimum Gasteiger partial charge on any atom is -0.466 e. The molecule has 0 radical (unpaired) electrons. The van der Waals surface area contributed by atoms with Crippen molar-refractivity contribution in [3.8, 4) is 0 Å². The fourth-order valence-electron chi connectivity index (χ4n) is 3.55. The molecule has 4 heteroatoms. The van der Waals surface area contributed by atoms with Crippen molar-refractivity contribution in [1.29, 1.82) is 0 Å². The summed E-state index contributed by atoms with van der Waals surface area (Å²) in [6, 6.07) is 0. The standard InChI is InChI=1S/C26H50O4/c1-4-6-16-22-29-25(27)19-15-13-11-9-8-10-12-14-18-24(3)20-21-26(28)30-23-17-7-5-2/h24H,4-23H2,1-3H3. The van der Waals surface area contributed by atoms with Gasteiger partial charge >= 0.3 is 11.9 Å². The van der Waals surface area contributed by atoms with Gasteiger partial charge < -0.3 is 9.47 Å². The normalized spacial score (nSPS) is 12.0. The van der Waals surface area contributed by atoms with Crippen molar-refractivity contribution in [2.24, 2.45) is 5.92 Å². The van der Waals surface area contributed by atoms with Gasteiger partial charge in [-0.25, -0.2) is 0 Å². The first-order chi connectivity index (χ1) is 14.6. The van der Waals surface area contributed by atoms with E-state index in [1.54, 1.807) is 0 Å². The van der Waals surface area contributed by atoms with Crippen LogP contribution in [0.15, 0.2) is 0 Å². The summed E-state index contributed by atoms with van der Waals surface area (Å²) >= 11 is 0. The molecule has 0 aliphatic rings. The maximum Gasteiger partial charge on any atom is 0.305 e. The summed E-state index contributed by atoms with van der Waals surface area (Å²) in [7, 11) is 0. The molecule has 0 aliphatic carbocycles. The van der Waals surface area contributed by atoms with Crippen LogP contribution in [-0.4, -0.2) is 25.2 Å². The van der Waals surface area contributed by atoms with Gasteiger partial charge in [-0.05, 0) is 31.6 Å². The summed E-state index contributed by atoms with van der Waals surface area (Å²) in [5.41, 5.74) is 0. The topological polar surface area (TPSA) is 52.6 Å². The first-order valence-corrected chi connectivity index (χ1v) is 12.9. The Morgan fingerprint density at radius 1 is 0.567 bits per heavy atom. The number of esters is 2. The van der Waals surface area contributed by atoms with Crippen LogP contribution in [0.5, 0.6) is 0 Å². The van der Waals surface area contributed by atoms with E-state index >= 15 is 0 Å². The lowest BCUT2D eigenvalue weighted by molar-refractivity contribution is -0.144. The van der Waals surface area contributed by atoms with Gasteiger partial charge in [-0.2, -0.15) is 0 Å². The van der Waals surface area contributed by atoms with E-state index in [0.717, 1.165) is 57.8 Å². The van der Waals surface area contributed by atoms with Crippen molar-refractivity contribution in [3.05, 3.63) is 0 Å². The third-order valence-electron chi connectivity index (χ3n) is 5.69. The first kappa shape index (κ1) is 28.9. The van der Waals surface area contributed by atoms with E-state index < -0.39 is 0 Å². The number of ether oxygens (including phenoxy) is 2. The van der Waals surface area contributed by atoms with Crippen LogP contribution >= 0.6 is 0 Å². The van der Waals surface area contributed by atoms with Gasteiger partial charge in [0.05, 0.1) is 13.2 Å². The fourth-order valence-corrected chi connectivity index (χ4v) is 3.55. The van der Waals surface area contributed by atoms with E-state index in [1.165, 1.54) is 44.9 Å². The molecule has 4 nitrogen and oxygen atoms in total. The first-order valence-electron chi connectivity index (χ1n) is 12.9. The monoisotopic (exact) mass is 426 g/mol. The average Bonchev–Trinajstić information content (AvgIpc) is 2.74. The molecular weight excluding hydrogens is 376 g/mol. The maximum absolute atomic E-state index is 11.7. The third kappa shape index (κ3) is 21.6. The highest BCUT2D eigenvalue weighted by Gasteiger charge is 2.08. The predicted octanol–water partition coefficient (Wildman–Crippen LogP) is 7.77. The van der Waals surface area contributed by atoms with Gasteiger partial charge in [-0.3, -0.25) is 9.59 Å². The number of hydrogen-bond donors (Lipinski definition) is 0. The van der Waals surface area contributed by atoms with Crippen LogP contribution in [-0.2, 0) is 19.1 Å². The second-order valence-electron chi connectivity index (χ2n) is 8.87. The summed E-state index contributed by atoms with van der Waals surface area (Å²) in [5, 5.41) is 0. The molecule has 30 heavy (non-hydrogen) atoms. The van der Waals surface area contributed by atoms with Crippen LogP contribution in [0.2, 0.25) is 0 Å². The molecule has 0 saturated carbocycles. The Labute approximate surface area is 186 Å². The molecule has 0 aromatic carbocycles. The lowest BCUT2D eigenvalue weighted by atomic mass is 9.97. The molecule has 0 bridgehead atoms. The molecule has 0 fully saturated rings. The van der Waals surface area contributed by atoms with Gasteiger partial charge in [0.2, 0.25) is 0 Å². The number of carbonyl (C=O) groups excluding carboxylic acids is 2. The van der Waals surface area contributed by atoms with Crippen LogP contribution < -0.4 is 0 Å². The lowest BCUT2D eigenvalue weighted by Gasteiger charge is -2.11. The van der Waals surface area contributed by atoms with Crippen molar-refractivity contribution in [2.45, 2.75) is 136 Å². The molecule has 0 spiro atoms. The second kappa shape index (κ2) is 22.6. The largest absolute Gasteiger partial charge is 0.466 e. The smallest absolute Gasteiger partial charge is 0.305 e. The Morgan fingerprint density at radius 3 is 1.57 bits per heavy atom. The van der Waals surface area contributed by atoms with Crippen molar-refractivity contribution < 1.29 is 19.1 Å². The molecular formula is C26H50O4. The third-order valence-corrected chi connectivity index (χ3v) is 5.69. The summed E-state index contributed by atoms with van der Waals surface area (Å²) in [6.07, 6.45) is 19.6. The second-order valence-corrected chi connectivity index (χ2v) is 8.87. The minimum absolute atomic E-state index is 0.0232. The minimum atomic E-state index is -0.0253. The van der Waals surface area contributed by atoms with Crippen molar-refractivity contribution in [2.75, 3.05) is 13.2 Å². The number of rotatable bonds is 22. The SMILES string of the molecule is CCCCCOC(=O)CCCCCCCCCCC(C)CCC(=O)OCCCCC. The molecule has 0 aromatic rings. The van der Waals surface area contributed by atoms with E-state index in [1.807, 2.05) is 0 Å². The highest BCUT2D eigenvalue weighted by Crippen LogP contribution is 2.17. The Morgan fingerprint density at radius 2 is 1.03 bits per heavy atom. The van der Waals surface area contributed by atoms with Gasteiger partial charge in [-0.1, -0.05) is 97.8 Å². The molecule has 0 saturated heterocycles. The molecule has 0 rings (SSSR count). The molecule has 1 unspecified atom stereocenters. The van der Waals surface area contributed by atoms with Crippen LogP contribution in [0.25, 0.3) is 0 Å². The summed E-state index contributed by atoms with van der Waals surface area (Å²) < 4.78 is 10.5. The molecule has 0 aromatic heterocycles. The van der Waals surface area contributed by atoms with Crippen molar-refractivity contribution in [1.82, 2.24) is 0 Å². The van der Waals surface area contributed by atoms with Crippen LogP contribution in [0.3, 0.4) is 0 Å². The summed E-state index contributed by atoms with van der Waals surface area (Å²) in [6.45, 7) is 7.73. The summed E-state index contributed by atoms with van der Waals surface area (Å²) in [5.74, 6) is 0.558. The van der Waals surface area contributed by atoms with Gasteiger partial charge in [-0.15, -0.1) is 0 Å². The highest BCUT2D eigenvalue weighted by atomic mass is 16.5. The molecule has 0 aliphatic heterocycles. The zero-order valence-corrected chi connectivity index (χ0v) is 20.4. The lowest BCUT2D eigenvalue weighted by Crippen LogP contribution is -2.08. The molecule has 0 heterocycles. The summed E-state index contributed by atoms with van der Waals surface area (Å²) in [4.78, 5) is 23.3. The number of hydrogen-bond acceptors (Lipinski definition) is 4. The van der Waals surface area contributed by atoms with Crippen molar-refractivity contribution in [3.63, 3.8) is 0 Å². The van der Waals surface area contributed by atoms with Crippen LogP contribution in [0.4, 0.5) is 0 Å². The van der Waals surface area contributed by atoms with Gasteiger partial charge in [0.1, 0.15) is 0 Å². The Balaban J connectivity index is 3.33. The predicted molar refractivity (Wildman–Crippen MR) is 126 cm³/mol. The molecule has 0 amide bonds. The van der Waals surface area contributed by atoms with Crippen molar-refractivity contribution >= 4 is 11.9 Å². The highest BCUT2D eigenvalue weighted by molar-refractivity contribution is 5.69. The number of carbonyl (C=O) groups is 2. The quantitative estimate of drug-likeness (QED) is 0.131. The van der Waals surface area contributed by atoms with E-state index in [0.29, 0.717) is 32.0 Å². The van der Waals surface area contributed by atoms with Crippen LogP contribution in [0.1, 0.15) is 136 Å². The Kier molecular flexibility index (Phi) is 21.8. The maximum atomic E-state index is 11.7. The molecule has 1 atom stereocenters. The van der Waals surface area contributed by atoms with E-state index in [4.69, 9.17) is 9.47 Å². The average molecular weight is 427 g/mol. The van der Waals surface area contributed by atoms with Crippen LogP contribution in [0, 0.1) is 5.92 Å². The number of unbranched alkanes of at least 4 members (excludes halogenated alkanes) is 11. The van der Waals surface area contributed by atoms with E-state index in [-0.39, 0.29) is 11.9 Å². The molecule has 0 N–H and O–H groups in total. The van der Waals surface area contributed by atoms with Gasteiger partial charge in [0.15, 0.2) is 0 Å². The zero-order chi connectivity index (χ0) is 22.3. The fraction of sp³-hybridized carbons (Fsp3) is 0.923. The molecule has 178 valence electrons. The van der Waals surface area contributed by atoms with E-state index in [9.17, 15) is 9.59 Å². The van der Waals surface area contributed by atoms with Gasteiger partial charge in [0, 0.05) is 12.8 Å². The van der Waals surface area contributed by atoms with Gasteiger partial charge in [0.25, 0.3) is 0 Å².